The van der Waals surface area contributed by atoms with E-state index in [0.717, 1.165) is 25.8 Å². The van der Waals surface area contributed by atoms with E-state index in [4.69, 9.17) is 15.2 Å². The van der Waals surface area contributed by atoms with Gasteiger partial charge in [0.25, 0.3) is 0 Å². The molecule has 2 unspecified atom stereocenters. The molecule has 5 heteroatoms. The normalized spacial score (nSPS) is 22.8. The summed E-state index contributed by atoms with van der Waals surface area (Å²) in [6.07, 6.45) is 2.87. The van der Waals surface area contributed by atoms with E-state index >= 15 is 0 Å². The van der Waals surface area contributed by atoms with Crippen LogP contribution in [0.4, 0.5) is 4.79 Å². The van der Waals surface area contributed by atoms with Gasteiger partial charge in [-0.25, -0.2) is 4.79 Å². The fourth-order valence-electron chi connectivity index (χ4n) is 2.02. The minimum absolute atomic E-state index is 0.0261. The zero-order chi connectivity index (χ0) is 14.5. The molecule has 1 saturated heterocycles. The maximum atomic E-state index is 12.1. The topological polar surface area (TPSA) is 64.8 Å². The summed E-state index contributed by atoms with van der Waals surface area (Å²) in [5, 5.41) is 0. The summed E-state index contributed by atoms with van der Waals surface area (Å²) in [7, 11) is 0. The van der Waals surface area contributed by atoms with Crippen molar-refractivity contribution in [2.75, 3.05) is 19.7 Å². The van der Waals surface area contributed by atoms with Gasteiger partial charge >= 0.3 is 6.09 Å². The molecule has 0 bridgehead atoms. The largest absolute Gasteiger partial charge is 0.444 e. The molecule has 5 nitrogen and oxygen atoms in total. The number of ether oxygens (including phenoxy) is 2. The van der Waals surface area contributed by atoms with Crippen molar-refractivity contribution in [3.05, 3.63) is 0 Å². The van der Waals surface area contributed by atoms with Crippen molar-refractivity contribution >= 4 is 6.09 Å². The Bertz CT molecular complexity index is 287. The third-order valence-electron chi connectivity index (χ3n) is 2.87. The Hall–Kier alpha value is -0.810. The fraction of sp³-hybridized carbons (Fsp3) is 0.929. The number of amides is 1. The van der Waals surface area contributed by atoms with Gasteiger partial charge in [0.2, 0.25) is 0 Å². The molecule has 2 atom stereocenters. The second-order valence-corrected chi connectivity index (χ2v) is 6.35. The van der Waals surface area contributed by atoms with Crippen LogP contribution in [0.25, 0.3) is 0 Å². The van der Waals surface area contributed by atoms with Crippen molar-refractivity contribution in [1.29, 1.82) is 0 Å². The van der Waals surface area contributed by atoms with Gasteiger partial charge in [-0.2, -0.15) is 0 Å². The van der Waals surface area contributed by atoms with Crippen LogP contribution in [0.2, 0.25) is 0 Å². The van der Waals surface area contributed by atoms with Gasteiger partial charge in [-0.1, -0.05) is 0 Å². The monoisotopic (exact) mass is 272 g/mol. The highest BCUT2D eigenvalue weighted by Gasteiger charge is 2.26. The first-order valence-electron chi connectivity index (χ1n) is 7.13. The Morgan fingerprint density at radius 3 is 2.68 bits per heavy atom. The van der Waals surface area contributed by atoms with Crippen LogP contribution in [0.15, 0.2) is 0 Å². The van der Waals surface area contributed by atoms with Crippen LogP contribution in [0.1, 0.15) is 47.0 Å². The first-order chi connectivity index (χ1) is 8.78. The standard InChI is InChI=1S/C14H28N2O3/c1-11(15)10-18-12-7-5-6-8-16(9-12)13(17)19-14(2,3)4/h11-12H,5-10,15H2,1-4H3. The van der Waals surface area contributed by atoms with Crippen molar-refractivity contribution in [2.45, 2.75) is 64.7 Å². The zero-order valence-corrected chi connectivity index (χ0v) is 12.6. The summed E-state index contributed by atoms with van der Waals surface area (Å²) < 4.78 is 11.2. The van der Waals surface area contributed by atoms with E-state index in [-0.39, 0.29) is 18.2 Å². The van der Waals surface area contributed by atoms with Gasteiger partial charge in [0, 0.05) is 12.6 Å². The van der Waals surface area contributed by atoms with Crippen LogP contribution in [-0.2, 0) is 9.47 Å². The van der Waals surface area contributed by atoms with Crippen molar-refractivity contribution in [2.24, 2.45) is 5.73 Å². The number of hydrogen-bond donors (Lipinski definition) is 1. The molecule has 0 saturated carbocycles. The summed E-state index contributed by atoms with van der Waals surface area (Å²) in [4.78, 5) is 13.8. The number of carbonyl (C=O) groups is 1. The van der Waals surface area contributed by atoms with E-state index in [9.17, 15) is 4.79 Å². The smallest absolute Gasteiger partial charge is 0.410 e. The molecule has 1 aliphatic rings. The van der Waals surface area contributed by atoms with Gasteiger partial charge in [0.05, 0.1) is 19.3 Å². The van der Waals surface area contributed by atoms with Crippen molar-refractivity contribution in [1.82, 2.24) is 4.90 Å². The van der Waals surface area contributed by atoms with Crippen molar-refractivity contribution < 1.29 is 14.3 Å². The highest BCUT2D eigenvalue weighted by molar-refractivity contribution is 5.68. The molecule has 0 aromatic rings. The van der Waals surface area contributed by atoms with Gasteiger partial charge < -0.3 is 20.1 Å². The SMILES string of the molecule is CC(N)COC1CCCCN(C(=O)OC(C)(C)C)C1. The van der Waals surface area contributed by atoms with Crippen LogP contribution in [-0.4, -0.2) is 48.4 Å². The van der Waals surface area contributed by atoms with E-state index in [1.54, 1.807) is 4.90 Å². The van der Waals surface area contributed by atoms with Crippen molar-refractivity contribution in [3.63, 3.8) is 0 Å². The molecule has 0 aromatic heterocycles. The molecule has 112 valence electrons. The number of hydrogen-bond acceptors (Lipinski definition) is 4. The minimum Gasteiger partial charge on any atom is -0.444 e. The molecule has 0 aromatic carbocycles. The molecule has 0 radical (unpaired) electrons. The average molecular weight is 272 g/mol. The number of rotatable bonds is 3. The fourth-order valence-corrected chi connectivity index (χ4v) is 2.02. The second kappa shape index (κ2) is 7.10. The summed E-state index contributed by atoms with van der Waals surface area (Å²) in [5.74, 6) is 0. The molecule has 19 heavy (non-hydrogen) atoms. The Morgan fingerprint density at radius 1 is 1.42 bits per heavy atom. The van der Waals surface area contributed by atoms with Crippen LogP contribution in [0.3, 0.4) is 0 Å². The highest BCUT2D eigenvalue weighted by Crippen LogP contribution is 2.17. The third-order valence-corrected chi connectivity index (χ3v) is 2.87. The Kier molecular flexibility index (Phi) is 6.07. The van der Waals surface area contributed by atoms with E-state index in [0.29, 0.717) is 13.2 Å². The third kappa shape index (κ3) is 6.78. The molecule has 1 aliphatic heterocycles. The Morgan fingerprint density at radius 2 is 2.11 bits per heavy atom. The summed E-state index contributed by atoms with van der Waals surface area (Å²) in [6, 6.07) is 0.0261. The zero-order valence-electron chi connectivity index (χ0n) is 12.6. The molecule has 1 rings (SSSR count). The van der Waals surface area contributed by atoms with E-state index in [1.165, 1.54) is 0 Å². The van der Waals surface area contributed by atoms with Gasteiger partial charge in [0.1, 0.15) is 5.60 Å². The van der Waals surface area contributed by atoms with Crippen molar-refractivity contribution in [3.8, 4) is 0 Å². The number of nitrogens with two attached hydrogens (primary N) is 1. The van der Waals surface area contributed by atoms with Crippen LogP contribution >= 0.6 is 0 Å². The van der Waals surface area contributed by atoms with Crippen LogP contribution in [0.5, 0.6) is 0 Å². The Balaban J connectivity index is 2.50. The van der Waals surface area contributed by atoms with Gasteiger partial charge in [0.15, 0.2) is 0 Å². The number of carbonyl (C=O) groups excluding carboxylic acids is 1. The first-order valence-corrected chi connectivity index (χ1v) is 7.13. The number of likely N-dealkylation sites (tertiary alicyclic amines) is 1. The van der Waals surface area contributed by atoms with Gasteiger partial charge in [-0.05, 0) is 47.0 Å². The lowest BCUT2D eigenvalue weighted by atomic mass is 10.2. The quantitative estimate of drug-likeness (QED) is 0.855. The predicted octanol–water partition coefficient (Wildman–Crippen LogP) is 2.14. The lowest BCUT2D eigenvalue weighted by molar-refractivity contribution is -0.000797. The first kappa shape index (κ1) is 16.2. The van der Waals surface area contributed by atoms with E-state index in [2.05, 4.69) is 0 Å². The summed E-state index contributed by atoms with van der Waals surface area (Å²) in [6.45, 7) is 9.44. The molecule has 1 fully saturated rings. The number of nitrogens with zero attached hydrogens (tertiary/aromatic N) is 1. The van der Waals surface area contributed by atoms with Crippen LogP contribution in [0, 0.1) is 0 Å². The lowest BCUT2D eigenvalue weighted by Crippen LogP contribution is -2.41. The van der Waals surface area contributed by atoms with E-state index in [1.807, 2.05) is 27.7 Å². The van der Waals surface area contributed by atoms with E-state index < -0.39 is 5.60 Å². The molecule has 1 amide bonds. The highest BCUT2D eigenvalue weighted by atomic mass is 16.6. The minimum atomic E-state index is -0.453. The molecule has 0 aliphatic carbocycles. The maximum Gasteiger partial charge on any atom is 0.410 e. The lowest BCUT2D eigenvalue weighted by Gasteiger charge is -2.28. The van der Waals surface area contributed by atoms with Crippen LogP contribution < -0.4 is 5.73 Å². The Labute approximate surface area is 116 Å². The molecular formula is C14H28N2O3. The second-order valence-electron chi connectivity index (χ2n) is 6.35. The summed E-state index contributed by atoms with van der Waals surface area (Å²) >= 11 is 0. The molecule has 1 heterocycles. The summed E-state index contributed by atoms with van der Waals surface area (Å²) in [5.41, 5.74) is 5.24. The molecular weight excluding hydrogens is 244 g/mol. The van der Waals surface area contributed by atoms with Gasteiger partial charge in [-0.15, -0.1) is 0 Å². The average Bonchev–Trinajstić information content (AvgIpc) is 2.49. The molecule has 2 N–H and O–H groups in total. The molecule has 0 spiro atoms. The maximum absolute atomic E-state index is 12.1. The van der Waals surface area contributed by atoms with Gasteiger partial charge in [-0.3, -0.25) is 0 Å². The predicted molar refractivity (Wildman–Crippen MR) is 75.0 cm³/mol.